The van der Waals surface area contributed by atoms with Gasteiger partial charge in [-0.2, -0.15) is 5.10 Å². The molecule has 0 radical (unpaired) electrons. The number of nitrogens with two attached hydrogens (primary N) is 2. The van der Waals surface area contributed by atoms with E-state index in [1.54, 1.807) is 0 Å². The van der Waals surface area contributed by atoms with Crippen molar-refractivity contribution < 1.29 is 20.4 Å². The van der Waals surface area contributed by atoms with Gasteiger partial charge in [-0.1, -0.05) is 0 Å². The molecule has 8 heteroatoms. The number of nitrogens with zero attached hydrogens (tertiary/aromatic N) is 2. The van der Waals surface area contributed by atoms with Crippen LogP contribution in [-0.4, -0.2) is 57.5 Å². The molecular formula is C6H14N4O4. The molecule has 0 aliphatic heterocycles. The number of rotatable bonds is 5. The van der Waals surface area contributed by atoms with Crippen molar-refractivity contribution in [1.29, 1.82) is 0 Å². The van der Waals surface area contributed by atoms with Crippen molar-refractivity contribution >= 4 is 12.2 Å². The third-order valence-corrected chi connectivity index (χ3v) is 1.32. The molecule has 0 rings (SSSR count). The Hall–Kier alpha value is -1.22. The van der Waals surface area contributed by atoms with Crippen molar-refractivity contribution in [2.24, 2.45) is 21.7 Å². The average molecular weight is 206 g/mol. The Labute approximate surface area is 80.2 Å². The molecule has 0 aromatic carbocycles. The minimum atomic E-state index is -1.54. The molecule has 14 heavy (non-hydrogen) atoms. The van der Waals surface area contributed by atoms with Crippen molar-refractivity contribution in [1.82, 2.24) is 0 Å². The molecular weight excluding hydrogens is 192 g/mol. The van der Waals surface area contributed by atoms with Crippen LogP contribution in [0.25, 0.3) is 0 Å². The summed E-state index contributed by atoms with van der Waals surface area (Å²) in [5.74, 6) is -0.300. The van der Waals surface area contributed by atoms with Gasteiger partial charge >= 0.3 is 0 Å². The Balaban J connectivity index is 4.13. The summed E-state index contributed by atoms with van der Waals surface area (Å²) in [5.41, 5.74) is 9.84. The number of hydrogen-bond acceptors (Lipinski definition) is 6. The maximum atomic E-state index is 9.11. The molecule has 0 heterocycles. The summed E-state index contributed by atoms with van der Waals surface area (Å²) in [5, 5.41) is 41.9. The first-order valence-corrected chi connectivity index (χ1v) is 3.76. The minimum absolute atomic E-state index is 0.300. The fourth-order valence-corrected chi connectivity index (χ4v) is 0.592. The lowest BCUT2D eigenvalue weighted by Gasteiger charge is -2.17. The fourth-order valence-electron chi connectivity index (χ4n) is 0.592. The van der Waals surface area contributed by atoms with Crippen LogP contribution in [-0.2, 0) is 0 Å². The SMILES string of the molecule is NC(N)=NN=C[C@H](O)[C@H](O)[C@H](O)CO. The van der Waals surface area contributed by atoms with Gasteiger partial charge in [0.15, 0.2) is 0 Å². The molecule has 8 nitrogen and oxygen atoms in total. The molecule has 0 unspecified atom stereocenters. The van der Waals surface area contributed by atoms with E-state index in [0.29, 0.717) is 0 Å². The summed E-state index contributed by atoms with van der Waals surface area (Å²) < 4.78 is 0. The molecule has 82 valence electrons. The smallest absolute Gasteiger partial charge is 0.211 e. The molecule has 0 amide bonds. The Morgan fingerprint density at radius 2 is 1.86 bits per heavy atom. The van der Waals surface area contributed by atoms with Gasteiger partial charge in [-0.25, -0.2) is 0 Å². The summed E-state index contributed by atoms with van der Waals surface area (Å²) in [7, 11) is 0. The van der Waals surface area contributed by atoms with Gasteiger partial charge < -0.3 is 31.9 Å². The molecule has 0 saturated carbocycles. The molecule has 0 aromatic rings. The zero-order chi connectivity index (χ0) is 11.1. The number of guanidine groups is 1. The van der Waals surface area contributed by atoms with Crippen LogP contribution in [0.4, 0.5) is 0 Å². The van der Waals surface area contributed by atoms with Crippen molar-refractivity contribution in [3.63, 3.8) is 0 Å². The monoisotopic (exact) mass is 206 g/mol. The highest BCUT2D eigenvalue weighted by atomic mass is 16.4. The van der Waals surface area contributed by atoms with Crippen LogP contribution in [0.5, 0.6) is 0 Å². The summed E-state index contributed by atoms with van der Waals surface area (Å²) in [6, 6.07) is 0. The van der Waals surface area contributed by atoms with E-state index in [4.69, 9.17) is 31.9 Å². The lowest BCUT2D eigenvalue weighted by atomic mass is 10.1. The van der Waals surface area contributed by atoms with Crippen LogP contribution in [0.15, 0.2) is 10.2 Å². The molecule has 0 aromatic heterocycles. The Kier molecular flexibility index (Phi) is 5.72. The van der Waals surface area contributed by atoms with E-state index in [2.05, 4.69) is 10.2 Å². The molecule has 0 bridgehead atoms. The number of aliphatic hydroxyl groups excluding tert-OH is 4. The van der Waals surface area contributed by atoms with E-state index in [9.17, 15) is 0 Å². The molecule has 0 aliphatic carbocycles. The number of hydrogen-bond donors (Lipinski definition) is 6. The lowest BCUT2D eigenvalue weighted by Crippen LogP contribution is -2.40. The molecule has 3 atom stereocenters. The van der Waals surface area contributed by atoms with Gasteiger partial charge in [-0.3, -0.25) is 0 Å². The quantitative estimate of drug-likeness (QED) is 0.154. The second kappa shape index (κ2) is 6.27. The van der Waals surface area contributed by atoms with Gasteiger partial charge in [0.05, 0.1) is 12.8 Å². The Bertz CT molecular complexity index is 216. The van der Waals surface area contributed by atoms with Gasteiger partial charge in [-0.15, -0.1) is 5.10 Å². The summed E-state index contributed by atoms with van der Waals surface area (Å²) in [6.45, 7) is -0.672. The first-order valence-electron chi connectivity index (χ1n) is 3.76. The fraction of sp³-hybridized carbons (Fsp3) is 0.667. The van der Waals surface area contributed by atoms with E-state index < -0.39 is 24.9 Å². The predicted octanol–water partition coefficient (Wildman–Crippen LogP) is -3.68. The second-order valence-corrected chi connectivity index (χ2v) is 2.52. The summed E-state index contributed by atoms with van der Waals surface area (Å²) >= 11 is 0. The maximum Gasteiger partial charge on any atom is 0.211 e. The lowest BCUT2D eigenvalue weighted by molar-refractivity contribution is -0.0541. The topological polar surface area (TPSA) is 158 Å². The van der Waals surface area contributed by atoms with Crippen LogP contribution in [0, 0.1) is 0 Å². The van der Waals surface area contributed by atoms with Crippen LogP contribution in [0.3, 0.4) is 0 Å². The maximum absolute atomic E-state index is 9.11. The average Bonchev–Trinajstić information content (AvgIpc) is 2.14. The predicted molar refractivity (Wildman–Crippen MR) is 49.4 cm³/mol. The normalized spacial score (nSPS) is 17.7. The molecule has 0 aliphatic rings. The van der Waals surface area contributed by atoms with Gasteiger partial charge in [0, 0.05) is 0 Å². The van der Waals surface area contributed by atoms with Gasteiger partial charge in [0.25, 0.3) is 0 Å². The van der Waals surface area contributed by atoms with Gasteiger partial charge in [0.2, 0.25) is 5.96 Å². The van der Waals surface area contributed by atoms with Gasteiger partial charge in [0.1, 0.15) is 18.3 Å². The number of aliphatic hydroxyl groups is 4. The van der Waals surface area contributed by atoms with Crippen LogP contribution in [0.2, 0.25) is 0 Å². The van der Waals surface area contributed by atoms with E-state index in [0.717, 1.165) is 6.21 Å². The highest BCUT2D eigenvalue weighted by Crippen LogP contribution is 1.97. The van der Waals surface area contributed by atoms with E-state index in [-0.39, 0.29) is 5.96 Å². The van der Waals surface area contributed by atoms with Crippen molar-refractivity contribution in [2.45, 2.75) is 18.3 Å². The highest BCUT2D eigenvalue weighted by molar-refractivity contribution is 5.76. The van der Waals surface area contributed by atoms with Crippen molar-refractivity contribution in [2.75, 3.05) is 6.61 Å². The standard InChI is InChI=1S/C6H14N4O4/c7-6(8)10-9-1-3(12)5(14)4(13)2-11/h1,3-5,11-14H,2H2,(H4,7,8,10)/t3-,4+,5-/m0/s1. The first-order chi connectivity index (χ1) is 6.49. The van der Waals surface area contributed by atoms with E-state index in [1.165, 1.54) is 0 Å². The Morgan fingerprint density at radius 3 is 2.29 bits per heavy atom. The third kappa shape index (κ3) is 4.72. The zero-order valence-electron chi connectivity index (χ0n) is 7.35. The van der Waals surface area contributed by atoms with Crippen LogP contribution < -0.4 is 11.5 Å². The Morgan fingerprint density at radius 1 is 1.29 bits per heavy atom. The van der Waals surface area contributed by atoms with E-state index >= 15 is 0 Å². The molecule has 8 N–H and O–H groups in total. The zero-order valence-corrected chi connectivity index (χ0v) is 7.35. The van der Waals surface area contributed by atoms with Crippen LogP contribution >= 0.6 is 0 Å². The minimum Gasteiger partial charge on any atom is -0.394 e. The largest absolute Gasteiger partial charge is 0.394 e. The van der Waals surface area contributed by atoms with Crippen LogP contribution in [0.1, 0.15) is 0 Å². The molecule has 0 saturated heterocycles. The summed E-state index contributed by atoms with van der Waals surface area (Å²) in [6.07, 6.45) is -3.61. The van der Waals surface area contributed by atoms with E-state index in [1.807, 2.05) is 0 Å². The van der Waals surface area contributed by atoms with Crippen molar-refractivity contribution in [3.8, 4) is 0 Å². The summed E-state index contributed by atoms with van der Waals surface area (Å²) in [4.78, 5) is 0. The first kappa shape index (κ1) is 12.8. The molecule has 0 fully saturated rings. The van der Waals surface area contributed by atoms with Crippen molar-refractivity contribution in [3.05, 3.63) is 0 Å². The third-order valence-electron chi connectivity index (χ3n) is 1.32. The second-order valence-electron chi connectivity index (χ2n) is 2.52. The molecule has 0 spiro atoms. The highest BCUT2D eigenvalue weighted by Gasteiger charge is 2.22. The van der Waals surface area contributed by atoms with Gasteiger partial charge in [-0.05, 0) is 0 Å².